The van der Waals surface area contributed by atoms with E-state index in [2.05, 4.69) is 0 Å². The van der Waals surface area contributed by atoms with Gasteiger partial charge in [0.25, 0.3) is 0 Å². The standard InChI is InChI=1S/C13H12O2/c14-13-9-2-1-5-11(13)6-3-7-12-8-4-10-15-12/h1-6,8-10,14H,7H2/b6-3+. The lowest BCUT2D eigenvalue weighted by atomic mass is 10.1. The summed E-state index contributed by atoms with van der Waals surface area (Å²) in [6.45, 7) is 0. The van der Waals surface area contributed by atoms with Crippen molar-refractivity contribution < 1.29 is 9.52 Å². The van der Waals surface area contributed by atoms with E-state index in [4.69, 9.17) is 4.42 Å². The van der Waals surface area contributed by atoms with Crippen molar-refractivity contribution in [3.8, 4) is 5.75 Å². The molecule has 1 aromatic carbocycles. The number of furan rings is 1. The fourth-order valence-electron chi connectivity index (χ4n) is 1.36. The first-order chi connectivity index (χ1) is 7.36. The number of hydrogen-bond donors (Lipinski definition) is 1. The first-order valence-electron chi connectivity index (χ1n) is 4.83. The van der Waals surface area contributed by atoms with Crippen LogP contribution < -0.4 is 0 Å². The van der Waals surface area contributed by atoms with Gasteiger partial charge in [0.2, 0.25) is 0 Å². The van der Waals surface area contributed by atoms with Gasteiger partial charge in [-0.15, -0.1) is 0 Å². The highest BCUT2D eigenvalue weighted by Gasteiger charge is 1.94. The molecule has 76 valence electrons. The molecule has 0 bridgehead atoms. The summed E-state index contributed by atoms with van der Waals surface area (Å²) in [4.78, 5) is 0. The van der Waals surface area contributed by atoms with Gasteiger partial charge in [-0.3, -0.25) is 0 Å². The van der Waals surface area contributed by atoms with Crippen LogP contribution in [0.5, 0.6) is 5.75 Å². The second-order valence-electron chi connectivity index (χ2n) is 3.24. The molecule has 15 heavy (non-hydrogen) atoms. The number of phenolic OH excluding ortho intramolecular Hbond substituents is 1. The molecular formula is C13H12O2. The molecule has 1 N–H and O–H groups in total. The van der Waals surface area contributed by atoms with Crippen molar-refractivity contribution in [2.45, 2.75) is 6.42 Å². The normalized spacial score (nSPS) is 10.9. The number of aromatic hydroxyl groups is 1. The van der Waals surface area contributed by atoms with E-state index in [0.717, 1.165) is 17.7 Å². The molecule has 0 saturated carbocycles. The molecule has 0 fully saturated rings. The van der Waals surface area contributed by atoms with Crippen molar-refractivity contribution in [1.82, 2.24) is 0 Å². The van der Waals surface area contributed by atoms with E-state index < -0.39 is 0 Å². The van der Waals surface area contributed by atoms with Gasteiger partial charge in [0.15, 0.2) is 0 Å². The Bertz CT molecular complexity index is 441. The largest absolute Gasteiger partial charge is 0.507 e. The molecule has 2 nitrogen and oxygen atoms in total. The fraction of sp³-hybridized carbons (Fsp3) is 0.0769. The highest BCUT2D eigenvalue weighted by Crippen LogP contribution is 2.17. The number of benzene rings is 1. The molecular weight excluding hydrogens is 188 g/mol. The topological polar surface area (TPSA) is 33.4 Å². The van der Waals surface area contributed by atoms with E-state index in [1.165, 1.54) is 0 Å². The van der Waals surface area contributed by atoms with Gasteiger partial charge in [0, 0.05) is 12.0 Å². The fourth-order valence-corrected chi connectivity index (χ4v) is 1.36. The lowest BCUT2D eigenvalue weighted by Gasteiger charge is -1.96. The molecule has 0 amide bonds. The maximum Gasteiger partial charge on any atom is 0.122 e. The molecule has 0 aliphatic heterocycles. The van der Waals surface area contributed by atoms with Gasteiger partial charge in [-0.1, -0.05) is 30.4 Å². The van der Waals surface area contributed by atoms with Crippen molar-refractivity contribution >= 4 is 6.08 Å². The first kappa shape index (κ1) is 9.59. The van der Waals surface area contributed by atoms with E-state index in [1.807, 2.05) is 36.4 Å². The van der Waals surface area contributed by atoms with E-state index in [1.54, 1.807) is 18.4 Å². The maximum absolute atomic E-state index is 9.49. The lowest BCUT2D eigenvalue weighted by molar-refractivity contribution is 0.474. The quantitative estimate of drug-likeness (QED) is 0.825. The molecule has 0 spiro atoms. The van der Waals surface area contributed by atoms with Crippen LogP contribution in [0.2, 0.25) is 0 Å². The molecule has 2 heteroatoms. The third-order valence-corrected chi connectivity index (χ3v) is 2.13. The average molecular weight is 200 g/mol. The van der Waals surface area contributed by atoms with Crippen molar-refractivity contribution in [2.24, 2.45) is 0 Å². The van der Waals surface area contributed by atoms with Gasteiger partial charge in [-0.05, 0) is 18.2 Å². The summed E-state index contributed by atoms with van der Waals surface area (Å²) in [6, 6.07) is 11.0. The van der Waals surface area contributed by atoms with Crippen molar-refractivity contribution in [1.29, 1.82) is 0 Å². The van der Waals surface area contributed by atoms with Crippen LogP contribution in [-0.2, 0) is 6.42 Å². The van der Waals surface area contributed by atoms with E-state index >= 15 is 0 Å². The predicted molar refractivity (Wildman–Crippen MR) is 59.6 cm³/mol. The number of allylic oxidation sites excluding steroid dienone is 1. The minimum absolute atomic E-state index is 0.299. The zero-order valence-electron chi connectivity index (χ0n) is 8.26. The highest BCUT2D eigenvalue weighted by atomic mass is 16.3. The minimum Gasteiger partial charge on any atom is -0.507 e. The maximum atomic E-state index is 9.49. The summed E-state index contributed by atoms with van der Waals surface area (Å²) in [5, 5.41) is 9.49. The summed E-state index contributed by atoms with van der Waals surface area (Å²) in [7, 11) is 0. The van der Waals surface area contributed by atoms with Gasteiger partial charge in [0.1, 0.15) is 11.5 Å². The number of phenols is 1. The summed E-state index contributed by atoms with van der Waals surface area (Å²) in [6.07, 6.45) is 6.25. The van der Waals surface area contributed by atoms with Crippen LogP contribution in [0.4, 0.5) is 0 Å². The Morgan fingerprint density at radius 2 is 2.00 bits per heavy atom. The van der Waals surface area contributed by atoms with Crippen LogP contribution in [-0.4, -0.2) is 5.11 Å². The second-order valence-corrected chi connectivity index (χ2v) is 3.24. The number of para-hydroxylation sites is 1. The summed E-state index contributed by atoms with van der Waals surface area (Å²) in [5.41, 5.74) is 0.823. The van der Waals surface area contributed by atoms with Crippen LogP contribution in [0.1, 0.15) is 11.3 Å². The smallest absolute Gasteiger partial charge is 0.122 e. The Kier molecular flexibility index (Phi) is 2.88. The third-order valence-electron chi connectivity index (χ3n) is 2.13. The SMILES string of the molecule is Oc1ccccc1/C=C/Cc1ccco1. The third kappa shape index (κ3) is 2.50. The Morgan fingerprint density at radius 3 is 2.73 bits per heavy atom. The highest BCUT2D eigenvalue weighted by molar-refractivity contribution is 5.56. The molecule has 1 aromatic heterocycles. The van der Waals surface area contributed by atoms with E-state index in [0.29, 0.717) is 5.75 Å². The molecule has 0 saturated heterocycles. The molecule has 0 atom stereocenters. The van der Waals surface area contributed by atoms with Gasteiger partial charge >= 0.3 is 0 Å². The van der Waals surface area contributed by atoms with Crippen LogP contribution in [0, 0.1) is 0 Å². The summed E-state index contributed by atoms with van der Waals surface area (Å²) < 4.78 is 5.19. The molecule has 0 aliphatic rings. The minimum atomic E-state index is 0.299. The van der Waals surface area contributed by atoms with Gasteiger partial charge in [0.05, 0.1) is 6.26 Å². The molecule has 2 aromatic rings. The Labute approximate surface area is 88.5 Å². The van der Waals surface area contributed by atoms with E-state index in [-0.39, 0.29) is 0 Å². The first-order valence-corrected chi connectivity index (χ1v) is 4.83. The molecule has 0 radical (unpaired) electrons. The zero-order valence-corrected chi connectivity index (χ0v) is 8.26. The van der Waals surface area contributed by atoms with Crippen LogP contribution in [0.3, 0.4) is 0 Å². The molecule has 2 rings (SSSR count). The Morgan fingerprint density at radius 1 is 1.13 bits per heavy atom. The summed E-state index contributed by atoms with van der Waals surface area (Å²) >= 11 is 0. The second kappa shape index (κ2) is 4.51. The van der Waals surface area contributed by atoms with Crippen molar-refractivity contribution in [3.05, 3.63) is 60.1 Å². The Balaban J connectivity index is 2.03. The van der Waals surface area contributed by atoms with Crippen molar-refractivity contribution in [2.75, 3.05) is 0 Å². The number of hydrogen-bond acceptors (Lipinski definition) is 2. The van der Waals surface area contributed by atoms with Crippen LogP contribution in [0.25, 0.3) is 6.08 Å². The zero-order chi connectivity index (χ0) is 10.5. The van der Waals surface area contributed by atoms with Crippen LogP contribution >= 0.6 is 0 Å². The Hall–Kier alpha value is -1.96. The van der Waals surface area contributed by atoms with Gasteiger partial charge in [-0.2, -0.15) is 0 Å². The lowest BCUT2D eigenvalue weighted by Crippen LogP contribution is -1.76. The monoisotopic (exact) mass is 200 g/mol. The van der Waals surface area contributed by atoms with Crippen LogP contribution in [0.15, 0.2) is 53.2 Å². The molecule has 0 unspecified atom stereocenters. The van der Waals surface area contributed by atoms with Crippen molar-refractivity contribution in [3.63, 3.8) is 0 Å². The molecule has 0 aliphatic carbocycles. The van der Waals surface area contributed by atoms with E-state index in [9.17, 15) is 5.11 Å². The van der Waals surface area contributed by atoms with Gasteiger partial charge < -0.3 is 9.52 Å². The van der Waals surface area contributed by atoms with Gasteiger partial charge in [-0.25, -0.2) is 0 Å². The summed E-state index contributed by atoms with van der Waals surface area (Å²) in [5.74, 6) is 1.22. The average Bonchev–Trinajstić information content (AvgIpc) is 2.74. The number of rotatable bonds is 3. The predicted octanol–water partition coefficient (Wildman–Crippen LogP) is 3.24. The molecule has 1 heterocycles.